The highest BCUT2D eigenvalue weighted by Crippen LogP contribution is 2.20. The summed E-state index contributed by atoms with van der Waals surface area (Å²) in [5.74, 6) is 1.91. The molecule has 0 bridgehead atoms. The lowest BCUT2D eigenvalue weighted by molar-refractivity contribution is 0.765. The van der Waals surface area contributed by atoms with E-state index >= 15 is 0 Å². The first kappa shape index (κ1) is 12.5. The third-order valence-corrected chi connectivity index (χ3v) is 2.64. The Kier molecular flexibility index (Phi) is 3.60. The Morgan fingerprint density at radius 2 is 2.11 bits per heavy atom. The van der Waals surface area contributed by atoms with E-state index in [4.69, 9.17) is 0 Å². The molecule has 18 heavy (non-hydrogen) atoms. The molecule has 0 saturated heterocycles. The van der Waals surface area contributed by atoms with Crippen LogP contribution in [0.3, 0.4) is 0 Å². The molecule has 0 aliphatic rings. The second kappa shape index (κ2) is 5.16. The standard InChI is InChI=1S/C13H19N5/c1-5-14-12-8-11(9(2)3)15-13(16-12)10-6-7-18(4)17-10/h6-9H,5H2,1-4H3,(H,14,15,16). The minimum absolute atomic E-state index is 0.368. The fraction of sp³-hybridized carbons (Fsp3) is 0.462. The number of aryl methyl sites for hydroxylation is 1. The average molecular weight is 245 g/mol. The van der Waals surface area contributed by atoms with Gasteiger partial charge in [0.15, 0.2) is 5.82 Å². The minimum atomic E-state index is 0.368. The van der Waals surface area contributed by atoms with Crippen LogP contribution >= 0.6 is 0 Å². The van der Waals surface area contributed by atoms with Crippen molar-refractivity contribution in [1.82, 2.24) is 19.7 Å². The van der Waals surface area contributed by atoms with Gasteiger partial charge < -0.3 is 5.32 Å². The zero-order valence-corrected chi connectivity index (χ0v) is 11.3. The fourth-order valence-electron chi connectivity index (χ4n) is 1.68. The van der Waals surface area contributed by atoms with Crippen molar-refractivity contribution in [1.29, 1.82) is 0 Å². The van der Waals surface area contributed by atoms with Crippen molar-refractivity contribution in [2.24, 2.45) is 7.05 Å². The Balaban J connectivity index is 2.45. The van der Waals surface area contributed by atoms with Gasteiger partial charge in [0.1, 0.15) is 11.5 Å². The van der Waals surface area contributed by atoms with Crippen LogP contribution in [-0.2, 0) is 7.05 Å². The van der Waals surface area contributed by atoms with Crippen molar-refractivity contribution >= 4 is 5.82 Å². The summed E-state index contributed by atoms with van der Waals surface area (Å²) in [7, 11) is 1.89. The molecule has 2 aromatic rings. The molecular weight excluding hydrogens is 226 g/mol. The van der Waals surface area contributed by atoms with Gasteiger partial charge in [-0.25, -0.2) is 9.97 Å². The Bertz CT molecular complexity index is 530. The van der Waals surface area contributed by atoms with Gasteiger partial charge in [0.2, 0.25) is 0 Å². The van der Waals surface area contributed by atoms with Crippen LogP contribution in [0.2, 0.25) is 0 Å². The SMILES string of the molecule is CCNc1cc(C(C)C)nc(-c2ccn(C)n2)n1. The molecule has 5 nitrogen and oxygen atoms in total. The molecule has 5 heteroatoms. The first-order chi connectivity index (χ1) is 8.60. The van der Waals surface area contributed by atoms with Crippen LogP contribution in [0.5, 0.6) is 0 Å². The molecule has 0 amide bonds. The van der Waals surface area contributed by atoms with Gasteiger partial charge in [-0.2, -0.15) is 5.10 Å². The van der Waals surface area contributed by atoms with E-state index in [0.717, 1.165) is 23.8 Å². The number of anilines is 1. The number of hydrogen-bond acceptors (Lipinski definition) is 4. The van der Waals surface area contributed by atoms with Crippen LogP contribution in [0.1, 0.15) is 32.4 Å². The molecule has 0 aliphatic heterocycles. The number of aromatic nitrogens is 4. The van der Waals surface area contributed by atoms with Gasteiger partial charge >= 0.3 is 0 Å². The maximum Gasteiger partial charge on any atom is 0.182 e. The summed E-state index contributed by atoms with van der Waals surface area (Å²) in [6.45, 7) is 7.15. The molecule has 0 fully saturated rings. The van der Waals surface area contributed by atoms with E-state index in [1.165, 1.54) is 0 Å². The molecule has 0 saturated carbocycles. The molecule has 1 N–H and O–H groups in total. The molecule has 0 aliphatic carbocycles. The van der Waals surface area contributed by atoms with E-state index in [9.17, 15) is 0 Å². The average Bonchev–Trinajstić information content (AvgIpc) is 2.76. The van der Waals surface area contributed by atoms with Gasteiger partial charge in [-0.15, -0.1) is 0 Å². The largest absolute Gasteiger partial charge is 0.370 e. The van der Waals surface area contributed by atoms with E-state index in [2.05, 4.69) is 41.2 Å². The summed E-state index contributed by atoms with van der Waals surface area (Å²) in [5, 5.41) is 7.58. The van der Waals surface area contributed by atoms with Crippen molar-refractivity contribution in [2.75, 3.05) is 11.9 Å². The Morgan fingerprint density at radius 3 is 2.67 bits per heavy atom. The number of nitrogens with one attached hydrogen (secondary N) is 1. The smallest absolute Gasteiger partial charge is 0.182 e. The summed E-state index contributed by atoms with van der Waals surface area (Å²) < 4.78 is 1.76. The molecule has 96 valence electrons. The lowest BCUT2D eigenvalue weighted by atomic mass is 10.1. The van der Waals surface area contributed by atoms with Crippen LogP contribution in [0.15, 0.2) is 18.3 Å². The van der Waals surface area contributed by atoms with Gasteiger partial charge in [0, 0.05) is 31.5 Å². The molecule has 2 aromatic heterocycles. The third kappa shape index (κ3) is 2.67. The number of rotatable bonds is 4. The molecule has 0 radical (unpaired) electrons. The van der Waals surface area contributed by atoms with Gasteiger partial charge in [-0.1, -0.05) is 13.8 Å². The molecule has 0 unspecified atom stereocenters. The Labute approximate surface area is 107 Å². The molecule has 2 rings (SSSR count). The van der Waals surface area contributed by atoms with Crippen molar-refractivity contribution in [3.63, 3.8) is 0 Å². The van der Waals surface area contributed by atoms with Gasteiger partial charge in [0.25, 0.3) is 0 Å². The molecule has 0 atom stereocenters. The lowest BCUT2D eigenvalue weighted by Gasteiger charge is -2.09. The highest BCUT2D eigenvalue weighted by Gasteiger charge is 2.10. The predicted octanol–water partition coefficient (Wildman–Crippen LogP) is 2.43. The van der Waals surface area contributed by atoms with Crippen LogP contribution in [0, 0.1) is 0 Å². The minimum Gasteiger partial charge on any atom is -0.370 e. The summed E-state index contributed by atoms with van der Waals surface area (Å²) in [5.41, 5.74) is 1.83. The predicted molar refractivity (Wildman–Crippen MR) is 72.5 cm³/mol. The van der Waals surface area contributed by atoms with E-state index < -0.39 is 0 Å². The van der Waals surface area contributed by atoms with Crippen LogP contribution in [-0.4, -0.2) is 26.3 Å². The lowest BCUT2D eigenvalue weighted by Crippen LogP contribution is -2.05. The zero-order valence-electron chi connectivity index (χ0n) is 11.3. The second-order valence-corrected chi connectivity index (χ2v) is 4.56. The van der Waals surface area contributed by atoms with Crippen LogP contribution < -0.4 is 5.32 Å². The molecular formula is C13H19N5. The van der Waals surface area contributed by atoms with E-state index in [0.29, 0.717) is 11.7 Å². The highest BCUT2D eigenvalue weighted by molar-refractivity contribution is 5.52. The normalized spacial score (nSPS) is 10.9. The summed E-state index contributed by atoms with van der Waals surface area (Å²) in [4.78, 5) is 9.06. The Hall–Kier alpha value is -1.91. The molecule has 2 heterocycles. The van der Waals surface area contributed by atoms with Crippen molar-refractivity contribution < 1.29 is 0 Å². The van der Waals surface area contributed by atoms with Gasteiger partial charge in [-0.05, 0) is 18.9 Å². The summed E-state index contributed by atoms with van der Waals surface area (Å²) in [6.07, 6.45) is 1.90. The topological polar surface area (TPSA) is 55.6 Å². The molecule has 0 aromatic carbocycles. The van der Waals surface area contributed by atoms with E-state index in [1.54, 1.807) is 4.68 Å². The highest BCUT2D eigenvalue weighted by atomic mass is 15.3. The van der Waals surface area contributed by atoms with Gasteiger partial charge in [-0.3, -0.25) is 4.68 Å². The van der Waals surface area contributed by atoms with E-state index in [-0.39, 0.29) is 0 Å². The Morgan fingerprint density at radius 1 is 1.33 bits per heavy atom. The zero-order chi connectivity index (χ0) is 13.1. The van der Waals surface area contributed by atoms with Crippen molar-refractivity contribution in [2.45, 2.75) is 26.7 Å². The summed E-state index contributed by atoms with van der Waals surface area (Å²) in [6, 6.07) is 3.93. The van der Waals surface area contributed by atoms with Crippen molar-refractivity contribution in [3.05, 3.63) is 24.0 Å². The summed E-state index contributed by atoms with van der Waals surface area (Å²) >= 11 is 0. The maximum atomic E-state index is 4.57. The number of nitrogens with zero attached hydrogens (tertiary/aromatic N) is 4. The second-order valence-electron chi connectivity index (χ2n) is 4.56. The monoisotopic (exact) mass is 245 g/mol. The maximum absolute atomic E-state index is 4.57. The first-order valence-electron chi connectivity index (χ1n) is 6.23. The van der Waals surface area contributed by atoms with E-state index in [1.807, 2.05) is 25.4 Å². The fourth-order valence-corrected chi connectivity index (χ4v) is 1.68. The van der Waals surface area contributed by atoms with Crippen LogP contribution in [0.25, 0.3) is 11.5 Å². The quantitative estimate of drug-likeness (QED) is 0.898. The van der Waals surface area contributed by atoms with Gasteiger partial charge in [0.05, 0.1) is 0 Å². The van der Waals surface area contributed by atoms with Crippen LogP contribution in [0.4, 0.5) is 5.82 Å². The van der Waals surface area contributed by atoms with Crippen molar-refractivity contribution in [3.8, 4) is 11.5 Å². The third-order valence-electron chi connectivity index (χ3n) is 2.64. The molecule has 0 spiro atoms. The number of hydrogen-bond donors (Lipinski definition) is 1. The first-order valence-corrected chi connectivity index (χ1v) is 6.23.